The van der Waals surface area contributed by atoms with E-state index >= 15 is 0 Å². The van der Waals surface area contributed by atoms with E-state index in [-0.39, 0.29) is 5.75 Å². The lowest BCUT2D eigenvalue weighted by atomic mass is 10.3. The number of hydrogen-bond acceptors (Lipinski definition) is 1. The molecule has 0 aliphatic carbocycles. The van der Waals surface area contributed by atoms with Gasteiger partial charge in [0.15, 0.2) is 0 Å². The lowest BCUT2D eigenvalue weighted by Crippen LogP contribution is -2.20. The molecule has 0 saturated carbocycles. The van der Waals surface area contributed by atoms with Crippen LogP contribution in [0.1, 0.15) is 0 Å². The molecule has 0 aliphatic rings. The van der Waals surface area contributed by atoms with E-state index in [9.17, 15) is 8.78 Å². The van der Waals surface area contributed by atoms with Gasteiger partial charge in [0.05, 0.1) is 4.47 Å². The second-order valence-electron chi connectivity index (χ2n) is 2.30. The van der Waals surface area contributed by atoms with Crippen molar-refractivity contribution in [3.8, 4) is 5.75 Å². The van der Waals surface area contributed by atoms with Gasteiger partial charge in [-0.15, -0.1) is 0 Å². The van der Waals surface area contributed by atoms with Crippen LogP contribution in [0.25, 0.3) is 0 Å². The molecule has 0 bridgehead atoms. The molecule has 1 nitrogen and oxygen atoms in total. The van der Waals surface area contributed by atoms with Crippen molar-refractivity contribution in [1.82, 2.24) is 0 Å². The van der Waals surface area contributed by atoms with E-state index in [1.165, 1.54) is 6.07 Å². The largest absolute Gasteiger partial charge is 0.428 e. The predicted octanol–water partition coefficient (Wildman–Crippen LogP) is 3.61. The van der Waals surface area contributed by atoms with Gasteiger partial charge in [0.1, 0.15) is 5.75 Å². The topological polar surface area (TPSA) is 9.23 Å². The third-order valence-electron chi connectivity index (χ3n) is 1.32. The maximum atomic E-state index is 12.7. The summed E-state index contributed by atoms with van der Waals surface area (Å²) < 4.78 is 30.2. The Morgan fingerprint density at radius 1 is 1.38 bits per heavy atom. The molecular formula is C9H7BrF2O. The summed E-state index contributed by atoms with van der Waals surface area (Å²) >= 11 is 3.09. The summed E-state index contributed by atoms with van der Waals surface area (Å²) in [5.41, 5.74) is 0. The van der Waals surface area contributed by atoms with Crippen molar-refractivity contribution in [3.05, 3.63) is 41.4 Å². The van der Waals surface area contributed by atoms with Crippen molar-refractivity contribution in [2.45, 2.75) is 6.11 Å². The summed E-state index contributed by atoms with van der Waals surface area (Å²) in [4.78, 5) is 0. The number of alkyl halides is 2. The minimum Gasteiger partial charge on any atom is -0.428 e. The molecule has 0 N–H and O–H groups in total. The lowest BCUT2D eigenvalue weighted by Gasteiger charge is -2.14. The summed E-state index contributed by atoms with van der Waals surface area (Å²) in [5.74, 6) is 0.0902. The van der Waals surface area contributed by atoms with E-state index in [0.29, 0.717) is 10.5 Å². The molecule has 0 fully saturated rings. The van der Waals surface area contributed by atoms with Crippen LogP contribution in [0.3, 0.4) is 0 Å². The van der Waals surface area contributed by atoms with E-state index in [2.05, 4.69) is 27.2 Å². The second-order valence-corrected chi connectivity index (χ2v) is 3.15. The molecule has 0 aromatic heterocycles. The van der Waals surface area contributed by atoms with Gasteiger partial charge in [-0.3, -0.25) is 0 Å². The molecule has 0 atom stereocenters. The van der Waals surface area contributed by atoms with Crippen LogP contribution in [0, 0.1) is 0 Å². The summed E-state index contributed by atoms with van der Waals surface area (Å²) in [6, 6.07) is 6.39. The standard InChI is InChI=1S/C9H7BrF2O/c1-2-9(11,12)13-8-6-4-3-5-7(8)10/h2-6H,1H2. The van der Waals surface area contributed by atoms with Gasteiger partial charge >= 0.3 is 6.11 Å². The summed E-state index contributed by atoms with van der Waals surface area (Å²) in [6.07, 6.45) is -2.88. The Bertz CT molecular complexity index is 312. The first-order valence-electron chi connectivity index (χ1n) is 3.50. The minimum atomic E-state index is -3.33. The Balaban J connectivity index is 2.86. The van der Waals surface area contributed by atoms with Crippen LogP contribution in [0.4, 0.5) is 8.78 Å². The molecule has 1 aromatic rings. The Hall–Kier alpha value is -0.900. The smallest absolute Gasteiger partial charge is 0.419 e. The minimum absolute atomic E-state index is 0.0902. The molecule has 0 heterocycles. The fourth-order valence-electron chi connectivity index (χ4n) is 0.716. The Labute approximate surface area is 83.1 Å². The molecule has 1 rings (SSSR count). The number of hydrogen-bond donors (Lipinski definition) is 0. The predicted molar refractivity (Wildman–Crippen MR) is 49.9 cm³/mol. The van der Waals surface area contributed by atoms with Gasteiger partial charge in [-0.2, -0.15) is 8.78 Å². The molecular weight excluding hydrogens is 242 g/mol. The Morgan fingerprint density at radius 3 is 2.54 bits per heavy atom. The summed E-state index contributed by atoms with van der Waals surface area (Å²) in [7, 11) is 0. The van der Waals surface area contributed by atoms with Crippen LogP contribution >= 0.6 is 15.9 Å². The average molecular weight is 249 g/mol. The first-order chi connectivity index (χ1) is 6.05. The number of benzene rings is 1. The monoisotopic (exact) mass is 248 g/mol. The number of halogens is 3. The van der Waals surface area contributed by atoms with Crippen molar-refractivity contribution in [2.75, 3.05) is 0 Å². The maximum absolute atomic E-state index is 12.7. The molecule has 0 saturated heterocycles. The average Bonchev–Trinajstić information content (AvgIpc) is 2.09. The highest BCUT2D eigenvalue weighted by Gasteiger charge is 2.27. The van der Waals surface area contributed by atoms with Crippen molar-refractivity contribution in [3.63, 3.8) is 0 Å². The molecule has 13 heavy (non-hydrogen) atoms. The fraction of sp³-hybridized carbons (Fsp3) is 0.111. The maximum Gasteiger partial charge on any atom is 0.419 e. The zero-order chi connectivity index (χ0) is 9.90. The summed E-state index contributed by atoms with van der Waals surface area (Å²) in [6.45, 7) is 2.97. The zero-order valence-electron chi connectivity index (χ0n) is 6.64. The Kier molecular flexibility index (Phi) is 3.03. The molecule has 4 heteroatoms. The molecule has 70 valence electrons. The third kappa shape index (κ3) is 2.81. The van der Waals surface area contributed by atoms with Gasteiger partial charge in [0.2, 0.25) is 0 Å². The van der Waals surface area contributed by atoms with Gasteiger partial charge in [0, 0.05) is 6.08 Å². The first-order valence-corrected chi connectivity index (χ1v) is 4.29. The van der Waals surface area contributed by atoms with E-state index < -0.39 is 6.11 Å². The van der Waals surface area contributed by atoms with E-state index in [4.69, 9.17) is 0 Å². The van der Waals surface area contributed by atoms with Crippen LogP contribution in [0.2, 0.25) is 0 Å². The summed E-state index contributed by atoms with van der Waals surface area (Å²) in [5, 5.41) is 0. The normalized spacial score (nSPS) is 11.0. The fourth-order valence-corrected chi connectivity index (χ4v) is 1.08. The van der Waals surface area contributed by atoms with Crippen molar-refractivity contribution in [2.24, 2.45) is 0 Å². The first kappa shape index (κ1) is 10.2. The SMILES string of the molecule is C=CC(F)(F)Oc1ccccc1Br. The van der Waals surface area contributed by atoms with E-state index in [1.54, 1.807) is 18.2 Å². The van der Waals surface area contributed by atoms with E-state index in [0.717, 1.165) is 0 Å². The van der Waals surface area contributed by atoms with Crippen molar-refractivity contribution in [1.29, 1.82) is 0 Å². The molecule has 0 unspecified atom stereocenters. The van der Waals surface area contributed by atoms with Gasteiger partial charge in [0.25, 0.3) is 0 Å². The second kappa shape index (κ2) is 3.87. The van der Waals surface area contributed by atoms with E-state index in [1.807, 2.05) is 0 Å². The van der Waals surface area contributed by atoms with Crippen LogP contribution in [-0.4, -0.2) is 6.11 Å². The van der Waals surface area contributed by atoms with Crippen LogP contribution in [0.5, 0.6) is 5.75 Å². The molecule has 0 aliphatic heterocycles. The molecule has 0 amide bonds. The van der Waals surface area contributed by atoms with Crippen LogP contribution in [0.15, 0.2) is 41.4 Å². The highest BCUT2D eigenvalue weighted by atomic mass is 79.9. The molecule has 0 radical (unpaired) electrons. The molecule has 1 aromatic carbocycles. The highest BCUT2D eigenvalue weighted by Crippen LogP contribution is 2.29. The lowest BCUT2D eigenvalue weighted by molar-refractivity contribution is -0.131. The highest BCUT2D eigenvalue weighted by molar-refractivity contribution is 9.10. The Morgan fingerprint density at radius 2 is 2.00 bits per heavy atom. The van der Waals surface area contributed by atoms with Crippen LogP contribution < -0.4 is 4.74 Å². The van der Waals surface area contributed by atoms with Gasteiger partial charge in [-0.1, -0.05) is 18.7 Å². The van der Waals surface area contributed by atoms with Crippen molar-refractivity contribution >= 4 is 15.9 Å². The van der Waals surface area contributed by atoms with Gasteiger partial charge in [-0.05, 0) is 28.1 Å². The number of ether oxygens (including phenoxy) is 1. The third-order valence-corrected chi connectivity index (χ3v) is 1.98. The number of rotatable bonds is 3. The van der Waals surface area contributed by atoms with Crippen LogP contribution in [-0.2, 0) is 0 Å². The molecule has 0 spiro atoms. The van der Waals surface area contributed by atoms with Crippen molar-refractivity contribution < 1.29 is 13.5 Å². The van der Waals surface area contributed by atoms with Gasteiger partial charge < -0.3 is 4.74 Å². The number of para-hydroxylation sites is 1. The van der Waals surface area contributed by atoms with Gasteiger partial charge in [-0.25, -0.2) is 0 Å². The quantitative estimate of drug-likeness (QED) is 0.743. The zero-order valence-corrected chi connectivity index (χ0v) is 8.22.